The molecule has 0 saturated carbocycles. The van der Waals surface area contributed by atoms with E-state index in [1.165, 1.54) is 23.9 Å². The maximum Gasteiger partial charge on any atom is 0.234 e. The predicted octanol–water partition coefficient (Wildman–Crippen LogP) is 2.76. The van der Waals surface area contributed by atoms with Crippen LogP contribution in [0.5, 0.6) is 0 Å². The first-order valence-corrected chi connectivity index (χ1v) is 10.4. The topological polar surface area (TPSA) is 72.3 Å². The Morgan fingerprint density at radius 1 is 1.37 bits per heavy atom. The Bertz CT molecular complexity index is 798. The molecule has 1 aliphatic rings. The fourth-order valence-electron chi connectivity index (χ4n) is 2.73. The second-order valence-electron chi connectivity index (χ2n) is 5.99. The van der Waals surface area contributed by atoms with Gasteiger partial charge in [0.2, 0.25) is 5.91 Å². The van der Waals surface area contributed by atoms with E-state index in [1.807, 2.05) is 11.5 Å². The van der Waals surface area contributed by atoms with Crippen molar-refractivity contribution in [3.63, 3.8) is 0 Å². The second kappa shape index (κ2) is 9.63. The van der Waals surface area contributed by atoms with Crippen LogP contribution in [0.3, 0.4) is 0 Å². The quantitative estimate of drug-likeness (QED) is 0.644. The summed E-state index contributed by atoms with van der Waals surface area (Å²) in [7, 11) is 0. The number of thioether (sulfide) groups is 1. The maximum atomic E-state index is 13.8. The van der Waals surface area contributed by atoms with E-state index in [0.29, 0.717) is 16.2 Å². The van der Waals surface area contributed by atoms with Gasteiger partial charge in [-0.25, -0.2) is 4.39 Å². The van der Waals surface area contributed by atoms with Crippen molar-refractivity contribution in [2.45, 2.75) is 25.2 Å². The van der Waals surface area contributed by atoms with Crippen LogP contribution in [0.4, 0.5) is 10.1 Å². The number of rotatable bonds is 7. The standard InChI is InChI=1S/C17H21BrFN5O2S/c1-2-24-15(10-23-5-7-26-8-6-23)21-22-17(24)27-11-16(25)20-14-4-3-12(18)9-13(14)19/h3-4,9H,2,5-8,10-11H2,1H3,(H,20,25). The number of hydrogen-bond donors (Lipinski definition) is 1. The van der Waals surface area contributed by atoms with Crippen LogP contribution in [-0.2, 0) is 22.6 Å². The van der Waals surface area contributed by atoms with Crippen molar-refractivity contribution in [3.05, 3.63) is 34.3 Å². The van der Waals surface area contributed by atoms with Crippen LogP contribution >= 0.6 is 27.7 Å². The Balaban J connectivity index is 1.57. The number of aromatic nitrogens is 3. The highest BCUT2D eigenvalue weighted by Gasteiger charge is 2.18. The van der Waals surface area contributed by atoms with Gasteiger partial charge in [0.25, 0.3) is 0 Å². The summed E-state index contributed by atoms with van der Waals surface area (Å²) >= 11 is 4.49. The molecule has 3 rings (SSSR count). The monoisotopic (exact) mass is 457 g/mol. The summed E-state index contributed by atoms with van der Waals surface area (Å²) < 4.78 is 21.8. The number of ether oxygens (including phenoxy) is 1. The van der Waals surface area contributed by atoms with Gasteiger partial charge in [-0.3, -0.25) is 9.69 Å². The third-order valence-corrected chi connectivity index (χ3v) is 5.58. The van der Waals surface area contributed by atoms with Gasteiger partial charge in [0.05, 0.1) is 31.2 Å². The van der Waals surface area contributed by atoms with Crippen molar-refractivity contribution in [2.24, 2.45) is 0 Å². The summed E-state index contributed by atoms with van der Waals surface area (Å²) in [5.74, 6) is 0.237. The van der Waals surface area contributed by atoms with E-state index in [0.717, 1.165) is 38.7 Å². The summed E-state index contributed by atoms with van der Waals surface area (Å²) in [6, 6.07) is 4.52. The number of carbonyl (C=O) groups is 1. The molecule has 1 aromatic heterocycles. The third kappa shape index (κ3) is 5.50. The van der Waals surface area contributed by atoms with Crippen LogP contribution in [0.2, 0.25) is 0 Å². The van der Waals surface area contributed by atoms with Gasteiger partial charge in [-0.05, 0) is 25.1 Å². The molecular formula is C17H21BrFN5O2S. The number of anilines is 1. The minimum Gasteiger partial charge on any atom is -0.379 e. The number of nitrogens with zero attached hydrogens (tertiary/aromatic N) is 4. The highest BCUT2D eigenvalue weighted by Crippen LogP contribution is 2.21. The van der Waals surface area contributed by atoms with Crippen molar-refractivity contribution in [3.8, 4) is 0 Å². The van der Waals surface area contributed by atoms with Crippen molar-refractivity contribution in [1.82, 2.24) is 19.7 Å². The van der Waals surface area contributed by atoms with Gasteiger partial charge >= 0.3 is 0 Å². The van der Waals surface area contributed by atoms with E-state index >= 15 is 0 Å². The molecule has 2 heterocycles. The van der Waals surface area contributed by atoms with Gasteiger partial charge in [0, 0.05) is 24.1 Å². The molecule has 7 nitrogen and oxygen atoms in total. The predicted molar refractivity (Wildman–Crippen MR) is 105 cm³/mol. The van der Waals surface area contributed by atoms with Gasteiger partial charge in [0.15, 0.2) is 5.16 Å². The molecular weight excluding hydrogens is 437 g/mol. The van der Waals surface area contributed by atoms with Crippen LogP contribution in [-0.4, -0.2) is 57.6 Å². The minimum atomic E-state index is -0.479. The van der Waals surface area contributed by atoms with E-state index in [2.05, 4.69) is 36.3 Å². The number of hydrogen-bond acceptors (Lipinski definition) is 6. The zero-order valence-electron chi connectivity index (χ0n) is 15.0. The van der Waals surface area contributed by atoms with Gasteiger partial charge in [-0.15, -0.1) is 10.2 Å². The Morgan fingerprint density at radius 3 is 2.85 bits per heavy atom. The molecule has 0 spiro atoms. The normalized spacial score (nSPS) is 15.1. The molecule has 1 aliphatic heterocycles. The highest BCUT2D eigenvalue weighted by molar-refractivity contribution is 9.10. The third-order valence-electron chi connectivity index (χ3n) is 4.12. The molecule has 10 heteroatoms. The number of benzene rings is 1. The summed E-state index contributed by atoms with van der Waals surface area (Å²) in [5.41, 5.74) is 0.161. The average Bonchev–Trinajstić information content (AvgIpc) is 3.04. The molecule has 0 radical (unpaired) electrons. The van der Waals surface area contributed by atoms with E-state index in [4.69, 9.17) is 4.74 Å². The van der Waals surface area contributed by atoms with Crippen molar-refractivity contribution in [1.29, 1.82) is 0 Å². The molecule has 146 valence electrons. The minimum absolute atomic E-state index is 0.130. The number of carbonyl (C=O) groups excluding carboxylic acids is 1. The number of nitrogens with one attached hydrogen (secondary N) is 1. The summed E-state index contributed by atoms with van der Waals surface area (Å²) in [5, 5.41) is 11.8. The Labute approximate surface area is 169 Å². The molecule has 2 aromatic rings. The smallest absolute Gasteiger partial charge is 0.234 e. The Morgan fingerprint density at radius 2 is 2.15 bits per heavy atom. The molecule has 0 bridgehead atoms. The van der Waals surface area contributed by atoms with E-state index in [1.54, 1.807) is 6.07 Å². The molecule has 1 saturated heterocycles. The number of halogens is 2. The fraction of sp³-hybridized carbons (Fsp3) is 0.471. The lowest BCUT2D eigenvalue weighted by molar-refractivity contribution is -0.113. The highest BCUT2D eigenvalue weighted by atomic mass is 79.9. The first-order chi connectivity index (χ1) is 13.1. The molecule has 27 heavy (non-hydrogen) atoms. The Hall–Kier alpha value is -1.49. The summed E-state index contributed by atoms with van der Waals surface area (Å²) in [6.45, 7) is 6.66. The first-order valence-electron chi connectivity index (χ1n) is 8.66. The summed E-state index contributed by atoms with van der Waals surface area (Å²) in [4.78, 5) is 14.4. The van der Waals surface area contributed by atoms with E-state index < -0.39 is 5.82 Å². The zero-order chi connectivity index (χ0) is 19.2. The van der Waals surface area contributed by atoms with Crippen molar-refractivity contribution in [2.75, 3.05) is 37.4 Å². The maximum absolute atomic E-state index is 13.8. The van der Waals surface area contributed by atoms with E-state index in [9.17, 15) is 9.18 Å². The zero-order valence-corrected chi connectivity index (χ0v) is 17.4. The molecule has 1 aromatic carbocycles. The van der Waals surface area contributed by atoms with Crippen LogP contribution in [0.15, 0.2) is 27.8 Å². The SMILES string of the molecule is CCn1c(CN2CCOCC2)nnc1SCC(=O)Nc1ccc(Br)cc1F. The fourth-order valence-corrected chi connectivity index (χ4v) is 3.88. The largest absolute Gasteiger partial charge is 0.379 e. The van der Waals surface area contributed by atoms with Crippen LogP contribution < -0.4 is 5.32 Å². The number of amides is 1. The van der Waals surface area contributed by atoms with Crippen molar-refractivity contribution < 1.29 is 13.9 Å². The summed E-state index contributed by atoms with van der Waals surface area (Å²) in [6.07, 6.45) is 0. The second-order valence-corrected chi connectivity index (χ2v) is 7.85. The molecule has 1 amide bonds. The molecule has 1 fully saturated rings. The lowest BCUT2D eigenvalue weighted by Gasteiger charge is -2.26. The van der Waals surface area contributed by atoms with E-state index in [-0.39, 0.29) is 17.3 Å². The lowest BCUT2D eigenvalue weighted by Crippen LogP contribution is -2.36. The lowest BCUT2D eigenvalue weighted by atomic mass is 10.3. The van der Waals surface area contributed by atoms with Gasteiger partial charge in [0.1, 0.15) is 11.6 Å². The first kappa shape index (κ1) is 20.2. The average molecular weight is 458 g/mol. The van der Waals surface area contributed by atoms with Crippen LogP contribution in [0.1, 0.15) is 12.7 Å². The van der Waals surface area contributed by atoms with Gasteiger partial charge < -0.3 is 14.6 Å². The van der Waals surface area contributed by atoms with Crippen LogP contribution in [0.25, 0.3) is 0 Å². The van der Waals surface area contributed by atoms with Crippen molar-refractivity contribution >= 4 is 39.3 Å². The molecule has 0 atom stereocenters. The Kier molecular flexibility index (Phi) is 7.22. The van der Waals surface area contributed by atoms with Gasteiger partial charge in [-0.2, -0.15) is 0 Å². The van der Waals surface area contributed by atoms with Gasteiger partial charge in [-0.1, -0.05) is 27.7 Å². The molecule has 0 unspecified atom stereocenters. The molecule has 1 N–H and O–H groups in total. The molecule has 0 aliphatic carbocycles. The number of morpholine rings is 1. The van der Waals surface area contributed by atoms with Crippen LogP contribution in [0, 0.1) is 5.82 Å².